The van der Waals surface area contributed by atoms with E-state index in [0.29, 0.717) is 6.42 Å². The van der Waals surface area contributed by atoms with E-state index in [2.05, 4.69) is 5.32 Å². The molecule has 0 fully saturated rings. The van der Waals surface area contributed by atoms with E-state index in [1.165, 1.54) is 0 Å². The second-order valence-corrected chi connectivity index (χ2v) is 5.50. The minimum atomic E-state index is -1.10. The molecule has 1 amide bonds. The number of amides is 1. The third-order valence-corrected chi connectivity index (χ3v) is 3.76. The van der Waals surface area contributed by atoms with Crippen LogP contribution in [0.15, 0.2) is 36.4 Å². The lowest BCUT2D eigenvalue weighted by Crippen LogP contribution is -2.28. The highest BCUT2D eigenvalue weighted by molar-refractivity contribution is 6.33. The molecule has 0 aliphatic rings. The van der Waals surface area contributed by atoms with Crippen molar-refractivity contribution in [1.29, 1.82) is 0 Å². The Balaban J connectivity index is 2.23. The molecule has 0 bridgehead atoms. The third-order valence-electron chi connectivity index (χ3n) is 3.45. The van der Waals surface area contributed by atoms with E-state index in [0.717, 1.165) is 23.3 Å². The smallest absolute Gasteiger partial charge is 0.253 e. The lowest BCUT2D eigenvalue weighted by Gasteiger charge is -2.18. The maximum absolute atomic E-state index is 13.3. The molecule has 1 atom stereocenters. The third kappa shape index (κ3) is 3.63. The van der Waals surface area contributed by atoms with Crippen LogP contribution in [0.4, 0.5) is 8.78 Å². The van der Waals surface area contributed by atoms with Crippen LogP contribution in [0, 0.1) is 18.6 Å². The molecule has 22 heavy (non-hydrogen) atoms. The van der Waals surface area contributed by atoms with Crippen molar-refractivity contribution in [1.82, 2.24) is 5.32 Å². The standard InChI is InChI=1S/C17H16ClF2NO/c1-3-16(11-6-4-10(2)5-7-11)21-17(22)12-8-14(19)15(20)9-13(12)18/h4-9,16H,3H2,1-2H3,(H,21,22). The highest BCUT2D eigenvalue weighted by Gasteiger charge is 2.18. The number of carbonyl (C=O) groups excluding carboxylic acids is 1. The molecule has 0 spiro atoms. The Bertz CT molecular complexity index is 686. The number of hydrogen-bond acceptors (Lipinski definition) is 1. The van der Waals surface area contributed by atoms with Gasteiger partial charge in [-0.05, 0) is 31.0 Å². The summed E-state index contributed by atoms with van der Waals surface area (Å²) in [7, 11) is 0. The van der Waals surface area contributed by atoms with Gasteiger partial charge in [0, 0.05) is 0 Å². The van der Waals surface area contributed by atoms with Gasteiger partial charge in [0.1, 0.15) is 0 Å². The van der Waals surface area contributed by atoms with Gasteiger partial charge in [0.25, 0.3) is 5.91 Å². The molecule has 2 rings (SSSR count). The molecule has 116 valence electrons. The zero-order valence-corrected chi connectivity index (χ0v) is 13.0. The van der Waals surface area contributed by atoms with Crippen LogP contribution in [0.2, 0.25) is 5.02 Å². The van der Waals surface area contributed by atoms with Gasteiger partial charge in [-0.3, -0.25) is 4.79 Å². The topological polar surface area (TPSA) is 29.1 Å². The van der Waals surface area contributed by atoms with Gasteiger partial charge < -0.3 is 5.32 Å². The molecule has 0 heterocycles. The minimum Gasteiger partial charge on any atom is -0.345 e. The summed E-state index contributed by atoms with van der Waals surface area (Å²) in [4.78, 5) is 12.3. The second-order valence-electron chi connectivity index (χ2n) is 5.09. The maximum Gasteiger partial charge on any atom is 0.253 e. The summed E-state index contributed by atoms with van der Waals surface area (Å²) in [6.45, 7) is 3.90. The first-order valence-corrected chi connectivity index (χ1v) is 7.32. The first-order chi connectivity index (χ1) is 10.4. The average Bonchev–Trinajstić information content (AvgIpc) is 2.49. The molecule has 0 aliphatic carbocycles. The number of hydrogen-bond donors (Lipinski definition) is 1. The Morgan fingerprint density at radius 2 is 1.77 bits per heavy atom. The minimum absolute atomic E-state index is 0.0777. The number of benzene rings is 2. The summed E-state index contributed by atoms with van der Waals surface area (Å²) in [5, 5.41) is 2.68. The second kappa shape index (κ2) is 6.88. The first kappa shape index (κ1) is 16.4. The van der Waals surface area contributed by atoms with Gasteiger partial charge in [0.05, 0.1) is 16.6 Å². The molecule has 5 heteroatoms. The highest BCUT2D eigenvalue weighted by Crippen LogP contribution is 2.22. The van der Waals surface area contributed by atoms with Crippen LogP contribution in [0.5, 0.6) is 0 Å². The van der Waals surface area contributed by atoms with Crippen LogP contribution in [0.1, 0.15) is 40.9 Å². The highest BCUT2D eigenvalue weighted by atomic mass is 35.5. The average molecular weight is 324 g/mol. The van der Waals surface area contributed by atoms with Crippen molar-refractivity contribution in [2.24, 2.45) is 0 Å². The summed E-state index contributed by atoms with van der Waals surface area (Å²) < 4.78 is 26.4. The van der Waals surface area contributed by atoms with Crippen LogP contribution in [0.25, 0.3) is 0 Å². The van der Waals surface area contributed by atoms with E-state index in [4.69, 9.17) is 11.6 Å². The summed E-state index contributed by atoms with van der Waals surface area (Å²) in [5.74, 6) is -2.71. The molecule has 1 unspecified atom stereocenters. The van der Waals surface area contributed by atoms with Crippen molar-refractivity contribution in [2.45, 2.75) is 26.3 Å². The van der Waals surface area contributed by atoms with Gasteiger partial charge in [0.15, 0.2) is 11.6 Å². The fourth-order valence-corrected chi connectivity index (χ4v) is 2.39. The van der Waals surface area contributed by atoms with Crippen molar-refractivity contribution in [3.05, 3.63) is 69.7 Å². The van der Waals surface area contributed by atoms with Gasteiger partial charge >= 0.3 is 0 Å². The van der Waals surface area contributed by atoms with Crippen molar-refractivity contribution < 1.29 is 13.6 Å². The van der Waals surface area contributed by atoms with Gasteiger partial charge in [-0.1, -0.05) is 48.4 Å². The first-order valence-electron chi connectivity index (χ1n) is 6.94. The van der Waals surface area contributed by atoms with Crippen LogP contribution in [-0.2, 0) is 0 Å². The van der Waals surface area contributed by atoms with Crippen LogP contribution in [-0.4, -0.2) is 5.91 Å². The number of aryl methyl sites for hydroxylation is 1. The normalized spacial score (nSPS) is 12.0. The van der Waals surface area contributed by atoms with Gasteiger partial charge in [0.2, 0.25) is 0 Å². The number of rotatable bonds is 4. The van der Waals surface area contributed by atoms with Gasteiger partial charge in [-0.2, -0.15) is 0 Å². The Kier molecular flexibility index (Phi) is 5.14. The van der Waals surface area contributed by atoms with Crippen molar-refractivity contribution >= 4 is 17.5 Å². The molecule has 2 aromatic rings. The van der Waals surface area contributed by atoms with Crippen LogP contribution < -0.4 is 5.32 Å². The summed E-state index contributed by atoms with van der Waals surface area (Å²) >= 11 is 5.82. The van der Waals surface area contributed by atoms with E-state index >= 15 is 0 Å². The predicted octanol–water partition coefficient (Wildman–Crippen LogP) is 4.81. The molecular weight excluding hydrogens is 308 g/mol. The Labute approximate surface area is 133 Å². The Morgan fingerprint density at radius 1 is 1.18 bits per heavy atom. The maximum atomic E-state index is 13.3. The van der Waals surface area contributed by atoms with E-state index in [9.17, 15) is 13.6 Å². The summed E-state index contributed by atoms with van der Waals surface area (Å²) in [6.07, 6.45) is 0.663. The Morgan fingerprint density at radius 3 is 2.36 bits per heavy atom. The zero-order chi connectivity index (χ0) is 16.3. The number of halogens is 3. The quantitative estimate of drug-likeness (QED) is 0.804. The molecule has 0 aromatic heterocycles. The molecule has 0 saturated heterocycles. The summed E-state index contributed by atoms with van der Waals surface area (Å²) in [6, 6.07) is 9.15. The predicted molar refractivity (Wildman–Crippen MR) is 83.0 cm³/mol. The number of carbonyl (C=O) groups is 1. The van der Waals surface area contributed by atoms with Gasteiger partial charge in [-0.15, -0.1) is 0 Å². The molecular formula is C17H16ClF2NO. The fourth-order valence-electron chi connectivity index (χ4n) is 2.15. The molecule has 2 aromatic carbocycles. The van der Waals surface area contributed by atoms with Crippen LogP contribution in [0.3, 0.4) is 0 Å². The van der Waals surface area contributed by atoms with Crippen molar-refractivity contribution in [2.75, 3.05) is 0 Å². The molecule has 0 aliphatic heterocycles. The van der Waals surface area contributed by atoms with Crippen LogP contribution >= 0.6 is 11.6 Å². The van der Waals surface area contributed by atoms with Crippen molar-refractivity contribution in [3.8, 4) is 0 Å². The van der Waals surface area contributed by atoms with E-state index in [1.54, 1.807) is 0 Å². The van der Waals surface area contributed by atoms with E-state index in [1.807, 2.05) is 38.1 Å². The lowest BCUT2D eigenvalue weighted by molar-refractivity contribution is 0.0935. The lowest BCUT2D eigenvalue weighted by atomic mass is 10.0. The monoisotopic (exact) mass is 323 g/mol. The van der Waals surface area contributed by atoms with Crippen molar-refractivity contribution in [3.63, 3.8) is 0 Å². The van der Waals surface area contributed by atoms with E-state index < -0.39 is 17.5 Å². The van der Waals surface area contributed by atoms with Gasteiger partial charge in [-0.25, -0.2) is 8.78 Å². The molecule has 0 saturated carbocycles. The molecule has 0 radical (unpaired) electrons. The van der Waals surface area contributed by atoms with E-state index in [-0.39, 0.29) is 16.6 Å². The zero-order valence-electron chi connectivity index (χ0n) is 12.3. The largest absolute Gasteiger partial charge is 0.345 e. The number of nitrogens with one attached hydrogen (secondary N) is 1. The molecule has 2 nitrogen and oxygen atoms in total. The molecule has 1 N–H and O–H groups in total. The fraction of sp³-hybridized carbons (Fsp3) is 0.235. The summed E-state index contributed by atoms with van der Waals surface area (Å²) in [5.41, 5.74) is 1.99. The Hall–Kier alpha value is -1.94. The SMILES string of the molecule is CCC(NC(=O)c1cc(F)c(F)cc1Cl)c1ccc(C)cc1.